The van der Waals surface area contributed by atoms with Gasteiger partial charge in [-0.3, -0.25) is 4.55 Å². The van der Waals surface area contributed by atoms with Crippen molar-refractivity contribution in [3.63, 3.8) is 0 Å². The zero-order valence-corrected chi connectivity index (χ0v) is 11.9. The summed E-state index contributed by atoms with van der Waals surface area (Å²) in [5.74, 6) is 0. The van der Waals surface area contributed by atoms with Crippen molar-refractivity contribution in [3.8, 4) is 0 Å². The maximum Gasteiger partial charge on any atom is 0.397 e. The van der Waals surface area contributed by atoms with E-state index in [9.17, 15) is 8.42 Å². The van der Waals surface area contributed by atoms with Crippen LogP contribution in [0, 0.1) is 0 Å². The van der Waals surface area contributed by atoms with Crippen LogP contribution in [-0.4, -0.2) is 55.7 Å². The van der Waals surface area contributed by atoms with Crippen LogP contribution in [-0.2, 0) is 19.3 Å². The molecule has 3 N–H and O–H groups in total. The molecule has 8 heteroatoms. The van der Waals surface area contributed by atoms with Gasteiger partial charge in [-0.25, -0.2) is 4.18 Å². The molecule has 0 heterocycles. The van der Waals surface area contributed by atoms with E-state index in [0.717, 1.165) is 13.2 Å². The van der Waals surface area contributed by atoms with Gasteiger partial charge in [0.2, 0.25) is 0 Å². The summed E-state index contributed by atoms with van der Waals surface area (Å²) in [6.07, 6.45) is 0.656. The fourth-order valence-electron chi connectivity index (χ4n) is 0.338. The molecule has 0 aliphatic heterocycles. The minimum atomic E-state index is -4.26. The molecule has 0 spiro atoms. The van der Waals surface area contributed by atoms with Crippen LogP contribution in [0.25, 0.3) is 0 Å². The SMILES string of the molecule is C=CCOS(=O)(=O)O.CC(O)CO.CCOCC. The van der Waals surface area contributed by atoms with Crippen LogP contribution in [0.15, 0.2) is 12.7 Å². The van der Waals surface area contributed by atoms with Crippen molar-refractivity contribution in [2.24, 2.45) is 0 Å². The lowest BCUT2D eigenvalue weighted by molar-refractivity contribution is 0.110. The summed E-state index contributed by atoms with van der Waals surface area (Å²) < 4.78 is 35.8. The standard InChI is InChI=1S/C4H10O.C3H6O4S.C3H8O2/c1-3-5-4-2;1-2-3-7-8(4,5)6;1-3(5)2-4/h3-4H2,1-2H3;2H,1,3H2,(H,4,5,6);3-5H,2H2,1H3. The van der Waals surface area contributed by atoms with Crippen LogP contribution in [0.2, 0.25) is 0 Å². The average Bonchev–Trinajstić information content (AvgIpc) is 2.28. The molecular weight excluding hydrogens is 264 g/mol. The van der Waals surface area contributed by atoms with Crippen LogP contribution in [0.5, 0.6) is 0 Å². The molecule has 18 heavy (non-hydrogen) atoms. The van der Waals surface area contributed by atoms with Gasteiger partial charge in [0.05, 0.1) is 19.3 Å². The van der Waals surface area contributed by atoms with E-state index in [1.165, 1.54) is 13.0 Å². The van der Waals surface area contributed by atoms with E-state index in [1.807, 2.05) is 13.8 Å². The lowest BCUT2D eigenvalue weighted by atomic mass is 10.5. The number of ether oxygens (including phenoxy) is 1. The van der Waals surface area contributed by atoms with Crippen molar-refractivity contribution < 1.29 is 32.1 Å². The van der Waals surface area contributed by atoms with Gasteiger partial charge >= 0.3 is 10.4 Å². The Labute approximate surface area is 109 Å². The van der Waals surface area contributed by atoms with Crippen LogP contribution in [0.3, 0.4) is 0 Å². The number of hydrogen-bond donors (Lipinski definition) is 3. The highest BCUT2D eigenvalue weighted by Gasteiger charge is 1.99. The number of aliphatic hydroxyl groups is 2. The summed E-state index contributed by atoms with van der Waals surface area (Å²) >= 11 is 0. The van der Waals surface area contributed by atoms with Gasteiger partial charge in [-0.1, -0.05) is 6.08 Å². The summed E-state index contributed by atoms with van der Waals surface area (Å²) in [7, 11) is -4.26. The third-order valence-corrected chi connectivity index (χ3v) is 1.44. The molecule has 0 aliphatic carbocycles. The molecule has 112 valence electrons. The van der Waals surface area contributed by atoms with Crippen molar-refractivity contribution in [2.75, 3.05) is 26.4 Å². The van der Waals surface area contributed by atoms with Crippen molar-refractivity contribution in [1.82, 2.24) is 0 Å². The maximum absolute atomic E-state index is 9.68. The molecule has 0 bridgehead atoms. The van der Waals surface area contributed by atoms with Crippen molar-refractivity contribution in [1.29, 1.82) is 0 Å². The molecule has 0 aliphatic rings. The Balaban J connectivity index is -0.000000197. The first-order valence-corrected chi connectivity index (χ1v) is 6.70. The fourth-order valence-corrected chi connectivity index (χ4v) is 0.606. The van der Waals surface area contributed by atoms with E-state index in [0.29, 0.717) is 0 Å². The largest absolute Gasteiger partial charge is 0.397 e. The summed E-state index contributed by atoms with van der Waals surface area (Å²) in [5.41, 5.74) is 0. The molecule has 0 rings (SSSR count). The zero-order chi connectivity index (χ0) is 15.0. The first-order chi connectivity index (χ1) is 8.24. The smallest absolute Gasteiger partial charge is 0.394 e. The molecule has 7 nitrogen and oxygen atoms in total. The molecular formula is C10H24O7S. The first-order valence-electron chi connectivity index (χ1n) is 5.34. The molecule has 0 fully saturated rings. The lowest BCUT2D eigenvalue weighted by Gasteiger charge is -1.90. The van der Waals surface area contributed by atoms with Gasteiger partial charge in [-0.05, 0) is 20.8 Å². The third-order valence-electron chi connectivity index (χ3n) is 1.01. The van der Waals surface area contributed by atoms with Gasteiger partial charge in [0, 0.05) is 13.2 Å². The van der Waals surface area contributed by atoms with Gasteiger partial charge in [0.15, 0.2) is 0 Å². The molecule has 0 amide bonds. The molecule has 0 saturated heterocycles. The van der Waals surface area contributed by atoms with Gasteiger partial charge in [0.25, 0.3) is 0 Å². The van der Waals surface area contributed by atoms with E-state index >= 15 is 0 Å². The van der Waals surface area contributed by atoms with Crippen molar-refractivity contribution in [3.05, 3.63) is 12.7 Å². The van der Waals surface area contributed by atoms with Crippen LogP contribution < -0.4 is 0 Å². The molecule has 0 aromatic heterocycles. The third kappa shape index (κ3) is 45.1. The van der Waals surface area contributed by atoms with Crippen LogP contribution in [0.1, 0.15) is 20.8 Å². The van der Waals surface area contributed by atoms with E-state index in [1.54, 1.807) is 0 Å². The van der Waals surface area contributed by atoms with Crippen molar-refractivity contribution in [2.45, 2.75) is 26.9 Å². The van der Waals surface area contributed by atoms with Gasteiger partial charge in [0.1, 0.15) is 0 Å². The topological polar surface area (TPSA) is 113 Å². The Kier molecular flexibility index (Phi) is 20.8. The predicted molar refractivity (Wildman–Crippen MR) is 68.6 cm³/mol. The van der Waals surface area contributed by atoms with Gasteiger partial charge in [-0.15, -0.1) is 6.58 Å². The Bertz CT molecular complexity index is 247. The Morgan fingerprint density at radius 1 is 1.33 bits per heavy atom. The Morgan fingerprint density at radius 2 is 1.72 bits per heavy atom. The monoisotopic (exact) mass is 288 g/mol. The van der Waals surface area contributed by atoms with Gasteiger partial charge < -0.3 is 14.9 Å². The van der Waals surface area contributed by atoms with E-state index in [4.69, 9.17) is 19.5 Å². The summed E-state index contributed by atoms with van der Waals surface area (Å²) in [5, 5.41) is 16.0. The zero-order valence-electron chi connectivity index (χ0n) is 11.1. The van der Waals surface area contributed by atoms with Crippen molar-refractivity contribution >= 4 is 10.4 Å². The highest BCUT2D eigenvalue weighted by molar-refractivity contribution is 7.80. The number of aliphatic hydroxyl groups excluding tert-OH is 2. The molecule has 1 atom stereocenters. The quantitative estimate of drug-likeness (QED) is 0.478. The molecule has 0 radical (unpaired) electrons. The predicted octanol–water partition coefficient (Wildman–Crippen LogP) is 0.394. The molecule has 0 saturated carbocycles. The Hall–Kier alpha value is -0.510. The first kappa shape index (κ1) is 22.7. The highest BCUT2D eigenvalue weighted by atomic mass is 32.3. The second-order valence-electron chi connectivity index (χ2n) is 2.81. The Morgan fingerprint density at radius 3 is 1.78 bits per heavy atom. The minimum absolute atomic E-state index is 0.139. The van der Waals surface area contributed by atoms with E-state index in [2.05, 4.69) is 10.8 Å². The lowest BCUT2D eigenvalue weighted by Crippen LogP contribution is -2.03. The number of hydrogen-bond acceptors (Lipinski definition) is 6. The molecule has 0 aromatic carbocycles. The normalized spacial score (nSPS) is 11.4. The fraction of sp³-hybridized carbons (Fsp3) is 0.800. The van der Waals surface area contributed by atoms with E-state index < -0.39 is 16.5 Å². The second kappa shape index (κ2) is 16.5. The minimum Gasteiger partial charge on any atom is -0.394 e. The summed E-state index contributed by atoms with van der Waals surface area (Å²) in [6.45, 7) is 10.0. The van der Waals surface area contributed by atoms with Crippen LogP contribution in [0.4, 0.5) is 0 Å². The molecule has 1 unspecified atom stereocenters. The highest BCUT2D eigenvalue weighted by Crippen LogP contribution is 1.83. The second-order valence-corrected chi connectivity index (χ2v) is 3.91. The molecule has 0 aromatic rings. The maximum atomic E-state index is 9.68. The van der Waals surface area contributed by atoms with E-state index in [-0.39, 0.29) is 13.2 Å². The number of rotatable bonds is 6. The summed E-state index contributed by atoms with van der Waals surface area (Å²) in [6, 6.07) is 0. The average molecular weight is 288 g/mol. The van der Waals surface area contributed by atoms with Crippen LogP contribution >= 0.6 is 0 Å². The van der Waals surface area contributed by atoms with Gasteiger partial charge in [-0.2, -0.15) is 8.42 Å². The summed E-state index contributed by atoms with van der Waals surface area (Å²) in [4.78, 5) is 0.